The van der Waals surface area contributed by atoms with Gasteiger partial charge in [-0.05, 0) is 12.1 Å². The molecule has 3 N–H and O–H groups in total. The van der Waals surface area contributed by atoms with E-state index < -0.39 is 0 Å². The number of methoxy groups -OCH3 is 1. The number of nitrogens with one attached hydrogen (secondary N) is 1. The van der Waals surface area contributed by atoms with E-state index in [0.717, 1.165) is 21.1 Å². The first-order valence-corrected chi connectivity index (χ1v) is 7.37. The predicted molar refractivity (Wildman–Crippen MR) is 85.7 cm³/mol. The zero-order chi connectivity index (χ0) is 14.8. The molecule has 0 spiro atoms. The van der Waals surface area contributed by atoms with Crippen LogP contribution < -0.4 is 11.1 Å². The molecule has 0 aliphatic heterocycles. The molecule has 5 nitrogen and oxygen atoms in total. The van der Waals surface area contributed by atoms with Gasteiger partial charge in [0.2, 0.25) is 0 Å². The zero-order valence-corrected chi connectivity index (χ0v) is 12.4. The van der Waals surface area contributed by atoms with E-state index in [9.17, 15) is 4.79 Å². The number of ether oxygens (including phenoxy) is 1. The third-order valence-corrected chi connectivity index (χ3v) is 4.33. The molecule has 1 aromatic carbocycles. The van der Waals surface area contributed by atoms with Crippen molar-refractivity contribution in [2.24, 2.45) is 0 Å². The minimum Gasteiger partial charge on any atom is -0.397 e. The van der Waals surface area contributed by atoms with Crippen LogP contribution in [-0.2, 0) is 4.74 Å². The molecule has 0 atom stereocenters. The van der Waals surface area contributed by atoms with Gasteiger partial charge in [-0.2, -0.15) is 0 Å². The Morgan fingerprint density at radius 3 is 3.05 bits per heavy atom. The summed E-state index contributed by atoms with van der Waals surface area (Å²) in [4.78, 5) is 18.0. The van der Waals surface area contributed by atoms with Crippen LogP contribution in [0.15, 0.2) is 30.3 Å². The normalized spacial score (nSPS) is 11.1. The summed E-state index contributed by atoms with van der Waals surface area (Å²) in [6, 6.07) is 9.81. The highest BCUT2D eigenvalue weighted by molar-refractivity contribution is 7.21. The fraction of sp³-hybridized carbons (Fsp3) is 0.200. The Balaban J connectivity index is 2.02. The number of nitrogens with two attached hydrogens (primary N) is 1. The van der Waals surface area contributed by atoms with E-state index in [-0.39, 0.29) is 5.91 Å². The fourth-order valence-corrected chi connectivity index (χ4v) is 3.16. The Morgan fingerprint density at radius 2 is 2.24 bits per heavy atom. The summed E-state index contributed by atoms with van der Waals surface area (Å²) in [6.07, 6.45) is 0. The number of aromatic nitrogens is 1. The summed E-state index contributed by atoms with van der Waals surface area (Å²) < 4.78 is 4.91. The summed E-state index contributed by atoms with van der Waals surface area (Å²) in [5.41, 5.74) is 7.50. The van der Waals surface area contributed by atoms with Crippen LogP contribution in [0.3, 0.4) is 0 Å². The second-order valence-electron chi connectivity index (χ2n) is 4.63. The number of nitrogen functional groups attached to an aromatic ring is 1. The number of hydrogen-bond donors (Lipinski definition) is 2. The molecule has 0 aliphatic carbocycles. The third-order valence-electron chi connectivity index (χ3n) is 3.22. The highest BCUT2D eigenvalue weighted by Crippen LogP contribution is 2.34. The highest BCUT2D eigenvalue weighted by atomic mass is 32.1. The van der Waals surface area contributed by atoms with Gasteiger partial charge in [-0.15, -0.1) is 11.3 Å². The molecule has 1 amide bonds. The number of thiophene rings is 1. The number of amides is 1. The molecule has 0 radical (unpaired) electrons. The molecule has 21 heavy (non-hydrogen) atoms. The molecule has 6 heteroatoms. The molecule has 0 saturated heterocycles. The molecule has 0 unspecified atom stereocenters. The van der Waals surface area contributed by atoms with Gasteiger partial charge in [-0.25, -0.2) is 4.98 Å². The van der Waals surface area contributed by atoms with Crippen LogP contribution in [0.4, 0.5) is 5.69 Å². The van der Waals surface area contributed by atoms with Gasteiger partial charge in [-0.1, -0.05) is 18.2 Å². The predicted octanol–water partition coefficient (Wildman–Crippen LogP) is 2.41. The van der Waals surface area contributed by atoms with Crippen molar-refractivity contribution in [3.63, 3.8) is 0 Å². The highest BCUT2D eigenvalue weighted by Gasteiger charge is 2.17. The average molecular weight is 301 g/mol. The average Bonchev–Trinajstić information content (AvgIpc) is 2.82. The minimum absolute atomic E-state index is 0.184. The second kappa shape index (κ2) is 5.67. The number of carbonyl (C=O) groups excluding carboxylic acids is 1. The quantitative estimate of drug-likeness (QED) is 0.725. The first-order chi connectivity index (χ1) is 10.2. The molecule has 0 fully saturated rings. The molecule has 3 rings (SSSR count). The molecule has 108 valence electrons. The van der Waals surface area contributed by atoms with Crippen molar-refractivity contribution in [3.05, 3.63) is 35.2 Å². The summed E-state index contributed by atoms with van der Waals surface area (Å²) in [6.45, 7) is 0.928. The lowest BCUT2D eigenvalue weighted by atomic mass is 10.1. The zero-order valence-electron chi connectivity index (χ0n) is 11.6. The molecular weight excluding hydrogens is 286 g/mol. The van der Waals surface area contributed by atoms with Crippen LogP contribution in [0, 0.1) is 0 Å². The van der Waals surface area contributed by atoms with Crippen LogP contribution in [0.25, 0.3) is 21.1 Å². The second-order valence-corrected chi connectivity index (χ2v) is 5.63. The van der Waals surface area contributed by atoms with Crippen LogP contribution in [-0.4, -0.2) is 31.2 Å². The molecule has 0 bridgehead atoms. The number of benzene rings is 1. The van der Waals surface area contributed by atoms with Crippen molar-refractivity contribution in [1.29, 1.82) is 0 Å². The third kappa shape index (κ3) is 2.55. The topological polar surface area (TPSA) is 77.2 Å². The van der Waals surface area contributed by atoms with Gasteiger partial charge in [0.25, 0.3) is 5.91 Å². The van der Waals surface area contributed by atoms with Crippen molar-refractivity contribution in [1.82, 2.24) is 10.3 Å². The van der Waals surface area contributed by atoms with Crippen LogP contribution in [0.2, 0.25) is 0 Å². The Morgan fingerprint density at radius 1 is 1.43 bits per heavy atom. The van der Waals surface area contributed by atoms with E-state index in [4.69, 9.17) is 10.5 Å². The van der Waals surface area contributed by atoms with Gasteiger partial charge in [0, 0.05) is 24.4 Å². The Hall–Kier alpha value is -2.18. The number of pyridine rings is 1. The Labute approximate surface area is 125 Å². The fourth-order valence-electron chi connectivity index (χ4n) is 2.16. The maximum absolute atomic E-state index is 12.1. The number of nitrogens with zero attached hydrogens (tertiary/aromatic N) is 1. The molecule has 2 aromatic heterocycles. The lowest BCUT2D eigenvalue weighted by Crippen LogP contribution is -2.26. The molecule has 0 saturated carbocycles. The van der Waals surface area contributed by atoms with Gasteiger partial charge in [-0.3, -0.25) is 4.79 Å². The van der Waals surface area contributed by atoms with Gasteiger partial charge in [0.15, 0.2) is 0 Å². The number of anilines is 1. The van der Waals surface area contributed by atoms with Gasteiger partial charge in [0.1, 0.15) is 9.71 Å². The standard InChI is InChI=1S/C15H15N3O2S/c1-20-7-6-17-14(19)13-12(16)10-8-9-4-2-3-5-11(9)18-15(10)21-13/h2-5,8H,6-7,16H2,1H3,(H,17,19). The van der Waals surface area contributed by atoms with Crippen molar-refractivity contribution >= 4 is 44.1 Å². The first kappa shape index (κ1) is 13.8. The lowest BCUT2D eigenvalue weighted by Gasteiger charge is -2.02. The molecule has 2 heterocycles. The summed E-state index contributed by atoms with van der Waals surface area (Å²) in [5, 5.41) is 4.63. The minimum atomic E-state index is -0.184. The monoisotopic (exact) mass is 301 g/mol. The first-order valence-electron chi connectivity index (χ1n) is 6.55. The van der Waals surface area contributed by atoms with E-state index in [1.54, 1.807) is 7.11 Å². The molecule has 3 aromatic rings. The van der Waals surface area contributed by atoms with Crippen molar-refractivity contribution in [2.45, 2.75) is 0 Å². The lowest BCUT2D eigenvalue weighted by molar-refractivity contribution is 0.0942. The van der Waals surface area contributed by atoms with Crippen LogP contribution >= 0.6 is 11.3 Å². The van der Waals surface area contributed by atoms with E-state index in [1.165, 1.54) is 11.3 Å². The number of hydrogen-bond acceptors (Lipinski definition) is 5. The van der Waals surface area contributed by atoms with Gasteiger partial charge in [0.05, 0.1) is 17.8 Å². The number of rotatable bonds is 4. The SMILES string of the molecule is COCCNC(=O)c1sc2nc3ccccc3cc2c1N. The Kier molecular flexibility index (Phi) is 3.72. The molecule has 0 aliphatic rings. The summed E-state index contributed by atoms with van der Waals surface area (Å²) in [7, 11) is 1.59. The number of carbonyl (C=O) groups is 1. The van der Waals surface area contributed by atoms with Gasteiger partial charge >= 0.3 is 0 Å². The van der Waals surface area contributed by atoms with Crippen LogP contribution in [0.5, 0.6) is 0 Å². The Bertz CT molecular complexity index is 813. The van der Waals surface area contributed by atoms with E-state index >= 15 is 0 Å². The summed E-state index contributed by atoms with van der Waals surface area (Å²) in [5.74, 6) is -0.184. The largest absolute Gasteiger partial charge is 0.397 e. The van der Waals surface area contributed by atoms with Crippen molar-refractivity contribution in [3.8, 4) is 0 Å². The van der Waals surface area contributed by atoms with E-state index in [1.807, 2.05) is 30.3 Å². The van der Waals surface area contributed by atoms with E-state index in [0.29, 0.717) is 23.7 Å². The number of para-hydroxylation sites is 1. The maximum Gasteiger partial charge on any atom is 0.263 e. The smallest absolute Gasteiger partial charge is 0.263 e. The van der Waals surface area contributed by atoms with E-state index in [2.05, 4.69) is 10.3 Å². The van der Waals surface area contributed by atoms with Crippen LogP contribution in [0.1, 0.15) is 9.67 Å². The molecular formula is C15H15N3O2S. The van der Waals surface area contributed by atoms with Gasteiger partial charge < -0.3 is 15.8 Å². The number of fused-ring (bicyclic) bond motifs is 2. The van der Waals surface area contributed by atoms with Crippen molar-refractivity contribution < 1.29 is 9.53 Å². The maximum atomic E-state index is 12.1. The van der Waals surface area contributed by atoms with Crippen molar-refractivity contribution in [2.75, 3.05) is 26.0 Å². The summed E-state index contributed by atoms with van der Waals surface area (Å²) >= 11 is 1.32.